The minimum Gasteiger partial charge on any atom is -0.480 e. The van der Waals surface area contributed by atoms with Gasteiger partial charge in [-0.3, -0.25) is 9.59 Å². The van der Waals surface area contributed by atoms with Gasteiger partial charge >= 0.3 is 5.97 Å². The summed E-state index contributed by atoms with van der Waals surface area (Å²) in [5.74, 6) is -1.53. The van der Waals surface area contributed by atoms with Gasteiger partial charge in [0.2, 0.25) is 5.91 Å². The van der Waals surface area contributed by atoms with Crippen molar-refractivity contribution < 1.29 is 24.5 Å². The van der Waals surface area contributed by atoms with Gasteiger partial charge in [-0.05, 0) is 6.42 Å². The highest BCUT2D eigenvalue weighted by Crippen LogP contribution is 1.99. The maximum Gasteiger partial charge on any atom is 0.322 e. The third-order valence-electron chi connectivity index (χ3n) is 1.97. The van der Waals surface area contributed by atoms with Gasteiger partial charge in [0.1, 0.15) is 6.04 Å². The number of carboxylic acid groups (broad SMARTS) is 1. The summed E-state index contributed by atoms with van der Waals surface area (Å²) in [6.45, 7) is 2.22. The van der Waals surface area contributed by atoms with Gasteiger partial charge in [-0.15, -0.1) is 0 Å². The van der Waals surface area contributed by atoms with E-state index >= 15 is 0 Å². The third kappa shape index (κ3) is 8.61. The summed E-state index contributed by atoms with van der Waals surface area (Å²) in [6.07, 6.45) is 0.0658. The fraction of sp³-hybridized carbons (Fsp3) is 0.800. The Morgan fingerprint density at radius 3 is 2.65 bits per heavy atom. The Hall–Kier alpha value is -1.18. The van der Waals surface area contributed by atoms with Crippen molar-refractivity contribution in [2.45, 2.75) is 38.5 Å². The molecule has 0 radical (unpaired) electrons. The molecule has 7 heteroatoms. The van der Waals surface area contributed by atoms with Gasteiger partial charge < -0.3 is 26.0 Å². The summed E-state index contributed by atoms with van der Waals surface area (Å²) in [5.41, 5.74) is 5.20. The number of nitrogens with one attached hydrogen (secondary N) is 1. The van der Waals surface area contributed by atoms with Crippen LogP contribution < -0.4 is 11.1 Å². The first kappa shape index (κ1) is 15.8. The number of ether oxygens (including phenoxy) is 1. The van der Waals surface area contributed by atoms with Crippen molar-refractivity contribution in [1.82, 2.24) is 5.32 Å². The van der Waals surface area contributed by atoms with Crippen LogP contribution in [0.15, 0.2) is 0 Å². The first-order valence-electron chi connectivity index (χ1n) is 5.52. The van der Waals surface area contributed by atoms with Gasteiger partial charge in [0.05, 0.1) is 0 Å². The molecular formula is C10H20N2O5. The lowest BCUT2D eigenvalue weighted by atomic mass is 10.2. The van der Waals surface area contributed by atoms with E-state index in [4.69, 9.17) is 15.6 Å². The second-order valence-electron chi connectivity index (χ2n) is 3.61. The van der Waals surface area contributed by atoms with Crippen molar-refractivity contribution in [3.8, 4) is 0 Å². The molecule has 0 heterocycles. The Morgan fingerprint density at radius 1 is 1.47 bits per heavy atom. The number of rotatable bonds is 9. The molecule has 17 heavy (non-hydrogen) atoms. The number of carboxylic acids is 1. The van der Waals surface area contributed by atoms with Crippen LogP contribution in [-0.4, -0.2) is 47.6 Å². The normalized spacial score (nSPS) is 14.1. The van der Waals surface area contributed by atoms with E-state index in [9.17, 15) is 14.7 Å². The Bertz CT molecular complexity index is 247. The fourth-order valence-electron chi connectivity index (χ4n) is 0.991. The molecule has 5 N–H and O–H groups in total. The highest BCUT2D eigenvalue weighted by molar-refractivity contribution is 5.78. The number of carbonyl (C=O) groups is 2. The van der Waals surface area contributed by atoms with E-state index in [1.54, 1.807) is 0 Å². The summed E-state index contributed by atoms with van der Waals surface area (Å²) in [7, 11) is 0. The monoisotopic (exact) mass is 248 g/mol. The average Bonchev–Trinajstić information content (AvgIpc) is 2.30. The number of hydrogen-bond acceptors (Lipinski definition) is 5. The second-order valence-corrected chi connectivity index (χ2v) is 3.61. The predicted octanol–water partition coefficient (Wildman–Crippen LogP) is -0.960. The molecule has 0 saturated heterocycles. The van der Waals surface area contributed by atoms with E-state index in [1.807, 2.05) is 6.92 Å². The van der Waals surface area contributed by atoms with Crippen molar-refractivity contribution in [1.29, 1.82) is 0 Å². The van der Waals surface area contributed by atoms with Crippen LogP contribution in [0.3, 0.4) is 0 Å². The van der Waals surface area contributed by atoms with Crippen molar-refractivity contribution in [3.05, 3.63) is 0 Å². The Morgan fingerprint density at radius 2 is 2.12 bits per heavy atom. The number of amides is 1. The average molecular weight is 248 g/mol. The quantitative estimate of drug-likeness (QED) is 0.390. The lowest BCUT2D eigenvalue weighted by molar-refractivity contribution is -0.138. The third-order valence-corrected chi connectivity index (χ3v) is 1.97. The molecule has 1 unspecified atom stereocenters. The zero-order chi connectivity index (χ0) is 13.3. The van der Waals surface area contributed by atoms with E-state index in [0.29, 0.717) is 6.61 Å². The molecule has 7 nitrogen and oxygen atoms in total. The van der Waals surface area contributed by atoms with Crippen LogP contribution in [0.5, 0.6) is 0 Å². The molecule has 0 spiro atoms. The van der Waals surface area contributed by atoms with Crippen LogP contribution in [0, 0.1) is 0 Å². The molecule has 2 atom stereocenters. The topological polar surface area (TPSA) is 122 Å². The molecule has 0 aliphatic heterocycles. The summed E-state index contributed by atoms with van der Waals surface area (Å²) in [5, 5.41) is 20.1. The van der Waals surface area contributed by atoms with Crippen LogP contribution >= 0.6 is 0 Å². The van der Waals surface area contributed by atoms with Crippen LogP contribution in [0.1, 0.15) is 26.2 Å². The molecule has 0 aromatic rings. The lowest BCUT2D eigenvalue weighted by Crippen LogP contribution is -2.42. The van der Waals surface area contributed by atoms with E-state index in [0.717, 1.165) is 6.42 Å². The lowest BCUT2D eigenvalue weighted by Gasteiger charge is -2.12. The van der Waals surface area contributed by atoms with Gasteiger partial charge in [0.25, 0.3) is 0 Å². The SMILES string of the molecule is CCCOC(O)CCC(=O)NC[C@H](N)C(=O)O. The van der Waals surface area contributed by atoms with Gasteiger partial charge in [-0.1, -0.05) is 6.92 Å². The van der Waals surface area contributed by atoms with Crippen molar-refractivity contribution in [2.24, 2.45) is 5.73 Å². The van der Waals surface area contributed by atoms with Gasteiger partial charge in [-0.25, -0.2) is 0 Å². The summed E-state index contributed by atoms with van der Waals surface area (Å²) >= 11 is 0. The Labute approximate surface area is 99.9 Å². The van der Waals surface area contributed by atoms with Crippen molar-refractivity contribution >= 4 is 11.9 Å². The van der Waals surface area contributed by atoms with E-state index in [2.05, 4.69) is 5.32 Å². The maximum atomic E-state index is 11.2. The van der Waals surface area contributed by atoms with Crippen LogP contribution in [-0.2, 0) is 14.3 Å². The largest absolute Gasteiger partial charge is 0.480 e. The number of hydrogen-bond donors (Lipinski definition) is 4. The van der Waals surface area contributed by atoms with Crippen molar-refractivity contribution in [3.63, 3.8) is 0 Å². The van der Waals surface area contributed by atoms with Crippen molar-refractivity contribution in [2.75, 3.05) is 13.2 Å². The molecule has 1 amide bonds. The molecule has 0 aromatic heterocycles. The van der Waals surface area contributed by atoms with Crippen LogP contribution in [0.2, 0.25) is 0 Å². The second kappa shape index (κ2) is 8.91. The zero-order valence-corrected chi connectivity index (χ0v) is 9.89. The molecule has 0 bridgehead atoms. The summed E-state index contributed by atoms with van der Waals surface area (Å²) in [4.78, 5) is 21.6. The van der Waals surface area contributed by atoms with Gasteiger partial charge in [0, 0.05) is 26.0 Å². The standard InChI is InChI=1S/C10H20N2O5/c1-2-5-17-9(14)4-3-8(13)12-6-7(11)10(15)16/h7,9,14H,2-6,11H2,1H3,(H,12,13)(H,15,16)/t7-,9?/m0/s1. The van der Waals surface area contributed by atoms with Crippen LogP contribution in [0.25, 0.3) is 0 Å². The van der Waals surface area contributed by atoms with Gasteiger partial charge in [0.15, 0.2) is 6.29 Å². The van der Waals surface area contributed by atoms with Gasteiger partial charge in [-0.2, -0.15) is 0 Å². The molecule has 0 aliphatic rings. The zero-order valence-electron chi connectivity index (χ0n) is 9.89. The first-order chi connectivity index (χ1) is 7.97. The molecule has 0 rings (SSSR count). The summed E-state index contributed by atoms with van der Waals surface area (Å²) < 4.78 is 4.96. The minimum absolute atomic E-state index is 0.0667. The fourth-order valence-corrected chi connectivity index (χ4v) is 0.991. The molecule has 0 aromatic carbocycles. The highest BCUT2D eigenvalue weighted by Gasteiger charge is 2.13. The van der Waals surface area contributed by atoms with E-state index < -0.39 is 18.3 Å². The number of aliphatic carboxylic acids is 1. The molecule has 0 aliphatic carbocycles. The molecular weight excluding hydrogens is 228 g/mol. The highest BCUT2D eigenvalue weighted by atomic mass is 16.6. The number of carbonyl (C=O) groups excluding carboxylic acids is 1. The predicted molar refractivity (Wildman–Crippen MR) is 60.1 cm³/mol. The minimum atomic E-state index is -1.17. The molecule has 100 valence electrons. The summed E-state index contributed by atoms with van der Waals surface area (Å²) in [6, 6.07) is -1.11. The van der Waals surface area contributed by atoms with E-state index in [1.165, 1.54) is 0 Å². The smallest absolute Gasteiger partial charge is 0.322 e. The number of aliphatic hydroxyl groups excluding tert-OH is 1. The number of aliphatic hydroxyl groups is 1. The molecule has 0 fully saturated rings. The van der Waals surface area contributed by atoms with E-state index in [-0.39, 0.29) is 25.3 Å². The maximum absolute atomic E-state index is 11.2. The molecule has 0 saturated carbocycles. The Kier molecular flexibility index (Phi) is 8.29. The Balaban J connectivity index is 3.62. The first-order valence-corrected chi connectivity index (χ1v) is 5.52. The van der Waals surface area contributed by atoms with Crippen LogP contribution in [0.4, 0.5) is 0 Å². The number of nitrogens with two attached hydrogens (primary N) is 1.